The molecule has 0 heterocycles. The zero-order valence-corrected chi connectivity index (χ0v) is 17.0. The first-order valence-corrected chi connectivity index (χ1v) is 9.77. The van der Waals surface area contributed by atoms with E-state index in [2.05, 4.69) is 10.8 Å². The minimum Gasteiger partial charge on any atom is -0.490 e. The zero-order chi connectivity index (χ0) is 20.4. The lowest BCUT2D eigenvalue weighted by atomic mass is 9.88. The van der Waals surface area contributed by atoms with Crippen LogP contribution >= 0.6 is 0 Å². The van der Waals surface area contributed by atoms with Crippen molar-refractivity contribution in [3.8, 4) is 5.75 Å². The normalized spacial score (nSPS) is 24.8. The summed E-state index contributed by atoms with van der Waals surface area (Å²) in [5.74, 6) is 0.519. The third kappa shape index (κ3) is 6.33. The van der Waals surface area contributed by atoms with Gasteiger partial charge in [0.1, 0.15) is 11.9 Å². The van der Waals surface area contributed by atoms with E-state index < -0.39 is 12.4 Å². The van der Waals surface area contributed by atoms with Gasteiger partial charge in [-0.15, -0.1) is 0 Å². The van der Waals surface area contributed by atoms with Crippen LogP contribution in [0.5, 0.6) is 5.75 Å². The van der Waals surface area contributed by atoms with Crippen molar-refractivity contribution in [3.05, 3.63) is 42.5 Å². The molecule has 1 aliphatic rings. The number of carbonyl (C=O) groups excluding carboxylic acids is 1. The quantitative estimate of drug-likeness (QED) is 0.354. The Bertz CT molecular complexity index is 598. The lowest BCUT2D eigenvalue weighted by Crippen LogP contribution is -2.36. The third-order valence-corrected chi connectivity index (χ3v) is 5.28. The molecule has 6 heteroatoms. The number of hydrogen-bond acceptors (Lipinski definition) is 6. The van der Waals surface area contributed by atoms with Crippen LogP contribution in [0.3, 0.4) is 0 Å². The zero-order valence-electron chi connectivity index (χ0n) is 17.0. The summed E-state index contributed by atoms with van der Waals surface area (Å²) in [5, 5.41) is 10.7. The number of esters is 1. The van der Waals surface area contributed by atoms with Gasteiger partial charge in [0.25, 0.3) is 0 Å². The summed E-state index contributed by atoms with van der Waals surface area (Å²) in [5.41, 5.74) is 0. The summed E-state index contributed by atoms with van der Waals surface area (Å²) < 4.78 is 21.8. The average Bonchev–Trinajstić information content (AvgIpc) is 3.01. The van der Waals surface area contributed by atoms with E-state index in [1.54, 1.807) is 14.2 Å². The van der Waals surface area contributed by atoms with Crippen molar-refractivity contribution < 1.29 is 28.8 Å². The number of allylic oxidation sites excluding steroid dienone is 2. The summed E-state index contributed by atoms with van der Waals surface area (Å²) >= 11 is 0. The molecule has 4 atom stereocenters. The maximum atomic E-state index is 11.2. The van der Waals surface area contributed by atoms with Crippen LogP contribution in [0.2, 0.25) is 0 Å². The Morgan fingerprint density at radius 3 is 2.46 bits per heavy atom. The Kier molecular flexibility index (Phi) is 9.47. The smallest absolute Gasteiger partial charge is 0.305 e. The molecule has 0 aromatic heterocycles. The Morgan fingerprint density at radius 2 is 1.82 bits per heavy atom. The molecule has 0 saturated heterocycles. The maximum Gasteiger partial charge on any atom is 0.305 e. The molecular formula is C22H32O6. The van der Waals surface area contributed by atoms with Gasteiger partial charge in [0.2, 0.25) is 0 Å². The molecule has 28 heavy (non-hydrogen) atoms. The summed E-state index contributed by atoms with van der Waals surface area (Å²) in [6.07, 6.45) is 6.16. The molecule has 2 rings (SSSR count). The molecule has 1 saturated carbocycles. The number of aliphatic hydroxyl groups is 1. The van der Waals surface area contributed by atoms with Crippen LogP contribution in [-0.4, -0.2) is 50.9 Å². The van der Waals surface area contributed by atoms with E-state index in [0.717, 1.165) is 18.6 Å². The average molecular weight is 392 g/mol. The predicted octanol–water partition coefficient (Wildman–Crippen LogP) is 3.34. The van der Waals surface area contributed by atoms with E-state index in [0.29, 0.717) is 19.3 Å². The summed E-state index contributed by atoms with van der Waals surface area (Å²) in [6.45, 7) is 0. The number of carbonyl (C=O) groups is 1. The maximum absolute atomic E-state index is 11.2. The van der Waals surface area contributed by atoms with Crippen LogP contribution < -0.4 is 4.74 Å². The van der Waals surface area contributed by atoms with Crippen LogP contribution in [0.25, 0.3) is 0 Å². The predicted molar refractivity (Wildman–Crippen MR) is 106 cm³/mol. The highest BCUT2D eigenvalue weighted by Gasteiger charge is 2.47. The van der Waals surface area contributed by atoms with E-state index in [4.69, 9.17) is 14.2 Å². The van der Waals surface area contributed by atoms with Crippen molar-refractivity contribution in [2.45, 2.75) is 50.6 Å². The standard InChI is InChI=1S/C22H32O6/c1-25-20(24)14-10-5-4-9-13-17-19(28-16-11-7-6-8-12-16)15-18(23)21(17)22(26-2)27-3/h4-8,11-12,17-19,21-23H,9-10,13-15H2,1-3H3/t17-,18+,19+,21+/m0/s1. The Balaban J connectivity index is 2.01. The monoisotopic (exact) mass is 392 g/mol. The number of rotatable bonds is 11. The van der Waals surface area contributed by atoms with Gasteiger partial charge in [-0.25, -0.2) is 0 Å². The molecule has 0 spiro atoms. The van der Waals surface area contributed by atoms with Crippen molar-refractivity contribution in [3.63, 3.8) is 0 Å². The molecule has 0 aliphatic heterocycles. The van der Waals surface area contributed by atoms with Crippen LogP contribution in [0, 0.1) is 11.8 Å². The highest BCUT2D eigenvalue weighted by atomic mass is 16.7. The highest BCUT2D eigenvalue weighted by Crippen LogP contribution is 2.41. The summed E-state index contributed by atoms with van der Waals surface area (Å²) in [7, 11) is 4.58. The fraction of sp³-hybridized carbons (Fsp3) is 0.591. The second kappa shape index (κ2) is 11.8. The Labute approximate surface area is 167 Å². The fourth-order valence-electron chi connectivity index (χ4n) is 3.91. The first kappa shape index (κ1) is 22.4. The number of aliphatic hydroxyl groups excluding tert-OH is 1. The number of para-hydroxylation sites is 1. The van der Waals surface area contributed by atoms with Crippen molar-refractivity contribution in [1.82, 2.24) is 0 Å². The van der Waals surface area contributed by atoms with Gasteiger partial charge in [-0.05, 0) is 31.4 Å². The highest BCUT2D eigenvalue weighted by molar-refractivity contribution is 5.69. The lowest BCUT2D eigenvalue weighted by Gasteiger charge is -2.30. The SMILES string of the molecule is COC(=O)CCC=CCC[C@@H]1[C@@H](C(OC)OC)[C@H](O)C[C@H]1Oc1ccccc1. The molecule has 1 aliphatic carbocycles. The fourth-order valence-corrected chi connectivity index (χ4v) is 3.91. The van der Waals surface area contributed by atoms with Gasteiger partial charge in [-0.1, -0.05) is 30.4 Å². The van der Waals surface area contributed by atoms with Crippen LogP contribution in [-0.2, 0) is 19.0 Å². The Morgan fingerprint density at radius 1 is 1.14 bits per heavy atom. The van der Waals surface area contributed by atoms with Crippen molar-refractivity contribution in [1.29, 1.82) is 0 Å². The van der Waals surface area contributed by atoms with E-state index in [-0.39, 0.29) is 23.9 Å². The van der Waals surface area contributed by atoms with E-state index in [1.165, 1.54) is 7.11 Å². The third-order valence-electron chi connectivity index (χ3n) is 5.28. The molecule has 156 valence electrons. The second-order valence-corrected chi connectivity index (χ2v) is 7.02. The van der Waals surface area contributed by atoms with E-state index in [1.807, 2.05) is 36.4 Å². The topological polar surface area (TPSA) is 74.2 Å². The largest absolute Gasteiger partial charge is 0.490 e. The minimum absolute atomic E-state index is 0.0883. The first-order chi connectivity index (χ1) is 13.6. The molecule has 1 N–H and O–H groups in total. The molecule has 0 bridgehead atoms. The van der Waals surface area contributed by atoms with Gasteiger partial charge >= 0.3 is 5.97 Å². The number of methoxy groups -OCH3 is 3. The van der Waals surface area contributed by atoms with Crippen LogP contribution in [0.4, 0.5) is 0 Å². The second-order valence-electron chi connectivity index (χ2n) is 7.02. The summed E-state index contributed by atoms with van der Waals surface area (Å²) in [6, 6.07) is 9.66. The lowest BCUT2D eigenvalue weighted by molar-refractivity contribution is -0.166. The Hall–Kier alpha value is -1.89. The summed E-state index contributed by atoms with van der Waals surface area (Å²) in [4.78, 5) is 11.2. The van der Waals surface area contributed by atoms with Gasteiger partial charge < -0.3 is 24.1 Å². The van der Waals surface area contributed by atoms with Crippen LogP contribution in [0.1, 0.15) is 32.1 Å². The van der Waals surface area contributed by atoms with Gasteiger partial charge in [0.15, 0.2) is 6.29 Å². The number of ether oxygens (including phenoxy) is 4. The molecule has 6 nitrogen and oxygen atoms in total. The first-order valence-electron chi connectivity index (χ1n) is 9.77. The molecule has 1 aromatic rings. The molecule has 1 fully saturated rings. The molecule has 0 radical (unpaired) electrons. The van der Waals surface area contributed by atoms with Gasteiger partial charge in [-0.2, -0.15) is 0 Å². The van der Waals surface area contributed by atoms with Gasteiger partial charge in [0, 0.05) is 38.9 Å². The molecule has 0 unspecified atom stereocenters. The van der Waals surface area contributed by atoms with Crippen molar-refractivity contribution in [2.24, 2.45) is 11.8 Å². The van der Waals surface area contributed by atoms with Crippen LogP contribution in [0.15, 0.2) is 42.5 Å². The molecule has 1 aromatic carbocycles. The minimum atomic E-state index is -0.549. The number of benzene rings is 1. The van der Waals surface area contributed by atoms with Gasteiger partial charge in [0.05, 0.1) is 13.2 Å². The molecular weight excluding hydrogens is 360 g/mol. The van der Waals surface area contributed by atoms with E-state index >= 15 is 0 Å². The molecule has 0 amide bonds. The van der Waals surface area contributed by atoms with Gasteiger partial charge in [-0.3, -0.25) is 4.79 Å². The number of hydrogen-bond donors (Lipinski definition) is 1. The van der Waals surface area contributed by atoms with E-state index in [9.17, 15) is 9.90 Å². The van der Waals surface area contributed by atoms with Crippen molar-refractivity contribution >= 4 is 5.97 Å². The van der Waals surface area contributed by atoms with Crippen molar-refractivity contribution in [2.75, 3.05) is 21.3 Å².